The van der Waals surface area contributed by atoms with Crippen molar-refractivity contribution in [3.8, 4) is 17.0 Å². The predicted molar refractivity (Wildman–Crippen MR) is 125 cm³/mol. The van der Waals surface area contributed by atoms with Crippen LogP contribution in [0.25, 0.3) is 11.3 Å². The first-order valence-electron chi connectivity index (χ1n) is 10.3. The lowest BCUT2D eigenvalue weighted by Crippen LogP contribution is -2.08. The molecule has 0 unspecified atom stereocenters. The zero-order valence-corrected chi connectivity index (χ0v) is 19.5. The van der Waals surface area contributed by atoms with Gasteiger partial charge in [0.2, 0.25) is 0 Å². The van der Waals surface area contributed by atoms with E-state index in [2.05, 4.69) is 5.10 Å². The van der Waals surface area contributed by atoms with E-state index in [0.717, 1.165) is 22.6 Å². The molecule has 0 saturated carbocycles. The van der Waals surface area contributed by atoms with Crippen molar-refractivity contribution in [1.29, 1.82) is 0 Å². The Hall–Kier alpha value is -2.83. The van der Waals surface area contributed by atoms with Crippen LogP contribution in [-0.4, -0.2) is 34.6 Å². The fourth-order valence-electron chi connectivity index (χ4n) is 2.71. The van der Waals surface area contributed by atoms with Crippen LogP contribution >= 0.6 is 11.6 Å². The Morgan fingerprint density at radius 2 is 1.77 bits per heavy atom. The molecule has 0 saturated heterocycles. The minimum atomic E-state index is -1.02. The number of nitrogens with zero attached hydrogens (tertiary/aromatic N) is 2. The summed E-state index contributed by atoms with van der Waals surface area (Å²) in [7, 11) is 1.62. The number of halogens is 1. The number of carboxylic acids is 1. The van der Waals surface area contributed by atoms with E-state index in [0.29, 0.717) is 17.3 Å². The number of ether oxygens (including phenoxy) is 2. The third-order valence-electron chi connectivity index (χ3n) is 3.95. The number of aliphatic carboxylic acids is 1. The van der Waals surface area contributed by atoms with E-state index >= 15 is 0 Å². The average molecular weight is 447 g/mol. The molecule has 0 spiro atoms. The highest BCUT2D eigenvalue weighted by Crippen LogP contribution is 2.27. The van der Waals surface area contributed by atoms with Crippen LogP contribution in [0.1, 0.15) is 39.0 Å². The molecule has 1 aromatic heterocycles. The number of aromatic nitrogens is 2. The maximum atomic E-state index is 10.7. The summed E-state index contributed by atoms with van der Waals surface area (Å²) in [4.78, 5) is 10.7. The number of carbonyl (C=O) groups is 1. The van der Waals surface area contributed by atoms with Crippen LogP contribution in [0.15, 0.2) is 54.6 Å². The Morgan fingerprint density at radius 3 is 2.42 bits per heavy atom. The quantitative estimate of drug-likeness (QED) is 0.465. The van der Waals surface area contributed by atoms with Crippen molar-refractivity contribution in [3.63, 3.8) is 0 Å². The first-order chi connectivity index (χ1) is 15.1. The molecule has 0 atom stereocenters. The second-order valence-electron chi connectivity index (χ2n) is 5.89. The molecule has 0 fully saturated rings. The molecular weight excluding hydrogens is 416 g/mol. The molecule has 0 aliphatic rings. The van der Waals surface area contributed by atoms with Gasteiger partial charge in [-0.05, 0) is 29.8 Å². The summed E-state index contributed by atoms with van der Waals surface area (Å²) in [6, 6.07) is 17.1. The van der Waals surface area contributed by atoms with Crippen LogP contribution in [0.2, 0.25) is 5.02 Å². The molecule has 0 aliphatic heterocycles. The monoisotopic (exact) mass is 446 g/mol. The van der Waals surface area contributed by atoms with Crippen molar-refractivity contribution in [2.24, 2.45) is 0 Å². The van der Waals surface area contributed by atoms with Crippen molar-refractivity contribution in [2.75, 3.05) is 13.7 Å². The summed E-state index contributed by atoms with van der Waals surface area (Å²) in [6.07, 6.45) is 0. The highest BCUT2D eigenvalue weighted by atomic mass is 35.5. The van der Waals surface area contributed by atoms with Crippen molar-refractivity contribution in [1.82, 2.24) is 9.78 Å². The molecule has 3 rings (SSSR count). The highest BCUT2D eigenvalue weighted by molar-refractivity contribution is 6.31. The minimum Gasteiger partial charge on any atom is -0.497 e. The van der Waals surface area contributed by atoms with Gasteiger partial charge in [0.05, 0.1) is 31.6 Å². The fourth-order valence-corrected chi connectivity index (χ4v) is 2.90. The van der Waals surface area contributed by atoms with E-state index in [1.54, 1.807) is 7.11 Å². The van der Waals surface area contributed by atoms with Gasteiger partial charge in [0, 0.05) is 10.6 Å². The zero-order valence-electron chi connectivity index (χ0n) is 18.8. The van der Waals surface area contributed by atoms with Gasteiger partial charge in [0.1, 0.15) is 12.4 Å². The van der Waals surface area contributed by atoms with E-state index in [1.165, 1.54) is 0 Å². The highest BCUT2D eigenvalue weighted by Gasteiger charge is 2.13. The molecule has 1 heterocycles. The third kappa shape index (κ3) is 8.07. The Kier molecular flexibility index (Phi) is 12.0. The number of carboxylic acid groups (broad SMARTS) is 1. The SMILES string of the molecule is CC.CC.COc1cccc(-c2cc(COCC(=O)O)nn2Cc2ccccc2Cl)c1. The van der Waals surface area contributed by atoms with Crippen LogP contribution < -0.4 is 4.74 Å². The van der Waals surface area contributed by atoms with E-state index in [9.17, 15) is 4.79 Å². The number of methoxy groups -OCH3 is 1. The summed E-state index contributed by atoms with van der Waals surface area (Å²) in [5.74, 6) is -0.278. The molecule has 7 heteroatoms. The second kappa shape index (κ2) is 14.2. The molecule has 0 aliphatic carbocycles. The molecule has 0 radical (unpaired) electrons. The number of benzene rings is 2. The average Bonchev–Trinajstić information content (AvgIpc) is 3.20. The van der Waals surface area contributed by atoms with E-state index in [4.69, 9.17) is 26.2 Å². The second-order valence-corrected chi connectivity index (χ2v) is 6.30. The van der Waals surface area contributed by atoms with Crippen LogP contribution in [0.5, 0.6) is 5.75 Å². The van der Waals surface area contributed by atoms with Gasteiger partial charge < -0.3 is 14.6 Å². The lowest BCUT2D eigenvalue weighted by molar-refractivity contribution is -0.142. The van der Waals surface area contributed by atoms with Gasteiger partial charge in [-0.2, -0.15) is 5.10 Å². The third-order valence-corrected chi connectivity index (χ3v) is 4.32. The van der Waals surface area contributed by atoms with Gasteiger partial charge in [-0.25, -0.2) is 4.79 Å². The van der Waals surface area contributed by atoms with E-state index in [1.807, 2.05) is 87.0 Å². The molecule has 3 aromatic rings. The van der Waals surface area contributed by atoms with Crippen molar-refractivity contribution >= 4 is 17.6 Å². The van der Waals surface area contributed by atoms with E-state index in [-0.39, 0.29) is 13.2 Å². The largest absolute Gasteiger partial charge is 0.497 e. The molecule has 6 nitrogen and oxygen atoms in total. The Labute approximate surface area is 189 Å². The first-order valence-corrected chi connectivity index (χ1v) is 10.7. The Bertz CT molecular complexity index is 941. The minimum absolute atomic E-state index is 0.110. The van der Waals surface area contributed by atoms with Crippen LogP contribution in [0.4, 0.5) is 0 Å². The number of rotatable bonds is 8. The normalized spacial score (nSPS) is 9.74. The summed E-state index contributed by atoms with van der Waals surface area (Å²) in [6.45, 7) is 8.22. The first kappa shape index (κ1) is 26.2. The lowest BCUT2D eigenvalue weighted by atomic mass is 10.1. The summed E-state index contributed by atoms with van der Waals surface area (Å²) >= 11 is 6.29. The summed E-state index contributed by atoms with van der Waals surface area (Å²) in [5.41, 5.74) is 3.37. The van der Waals surface area contributed by atoms with Gasteiger partial charge in [-0.15, -0.1) is 0 Å². The maximum Gasteiger partial charge on any atom is 0.329 e. The van der Waals surface area contributed by atoms with Crippen molar-refractivity contribution < 1.29 is 19.4 Å². The Balaban J connectivity index is 0.00000113. The lowest BCUT2D eigenvalue weighted by Gasteiger charge is -2.10. The van der Waals surface area contributed by atoms with Gasteiger partial charge >= 0.3 is 5.97 Å². The van der Waals surface area contributed by atoms with Crippen LogP contribution in [0, 0.1) is 0 Å². The molecule has 0 amide bonds. The number of hydrogen-bond donors (Lipinski definition) is 1. The van der Waals surface area contributed by atoms with Crippen molar-refractivity contribution in [2.45, 2.75) is 40.8 Å². The zero-order chi connectivity index (χ0) is 23.2. The van der Waals surface area contributed by atoms with Crippen LogP contribution in [-0.2, 0) is 22.7 Å². The summed E-state index contributed by atoms with van der Waals surface area (Å²) in [5, 5.41) is 14.0. The molecule has 0 bridgehead atoms. The Morgan fingerprint density at radius 1 is 1.06 bits per heavy atom. The number of hydrogen-bond acceptors (Lipinski definition) is 4. The molecule has 168 valence electrons. The molecular formula is C24H31ClN2O4. The van der Waals surface area contributed by atoms with Gasteiger partial charge in [-0.1, -0.05) is 69.6 Å². The fraction of sp³-hybridized carbons (Fsp3) is 0.333. The predicted octanol–water partition coefficient (Wildman–Crippen LogP) is 5.91. The topological polar surface area (TPSA) is 73.6 Å². The van der Waals surface area contributed by atoms with Gasteiger partial charge in [-0.3, -0.25) is 4.68 Å². The van der Waals surface area contributed by atoms with E-state index < -0.39 is 5.97 Å². The van der Waals surface area contributed by atoms with Gasteiger partial charge in [0.15, 0.2) is 0 Å². The summed E-state index contributed by atoms with van der Waals surface area (Å²) < 4.78 is 12.3. The molecule has 1 N–H and O–H groups in total. The smallest absolute Gasteiger partial charge is 0.329 e. The molecule has 2 aromatic carbocycles. The molecule has 31 heavy (non-hydrogen) atoms. The van der Waals surface area contributed by atoms with Crippen molar-refractivity contribution in [3.05, 3.63) is 70.9 Å². The van der Waals surface area contributed by atoms with Gasteiger partial charge in [0.25, 0.3) is 0 Å². The maximum absolute atomic E-state index is 10.7. The standard InChI is InChI=1S/C20H19ClN2O4.2C2H6/c1-26-17-7-4-6-14(9-17)19-10-16(12-27-13-20(24)25)22-23(19)11-15-5-2-3-8-18(15)21;2*1-2/h2-10H,11-13H2,1H3,(H,24,25);2*1-2H3. The van der Waals surface area contributed by atoms with Crippen LogP contribution in [0.3, 0.4) is 0 Å².